The molecule has 0 atom stereocenters. The van der Waals surface area contributed by atoms with Crippen molar-refractivity contribution in [1.82, 2.24) is 14.6 Å². The Morgan fingerprint density at radius 1 is 1.29 bits per heavy atom. The highest BCUT2D eigenvalue weighted by atomic mass is 35.5. The highest BCUT2D eigenvalue weighted by Gasteiger charge is 2.28. The minimum atomic E-state index is -3.27. The number of anilines is 2. The minimum Gasteiger partial charge on any atom is -0.340 e. The molecule has 0 saturated heterocycles. The first kappa shape index (κ1) is 15.4. The predicted molar refractivity (Wildman–Crippen MR) is 92.8 cm³/mol. The molecule has 8 heteroatoms. The normalized spacial score (nSPS) is 14.9. The van der Waals surface area contributed by atoms with Crippen molar-refractivity contribution in [3.8, 4) is 0 Å². The molecule has 24 heavy (non-hydrogen) atoms. The monoisotopic (exact) mass is 362 g/mol. The zero-order valence-corrected chi connectivity index (χ0v) is 14.5. The molecule has 3 aromatic rings. The summed E-state index contributed by atoms with van der Waals surface area (Å²) in [6.45, 7) is 0. The van der Waals surface area contributed by atoms with Gasteiger partial charge >= 0.3 is 0 Å². The van der Waals surface area contributed by atoms with Gasteiger partial charge in [0.1, 0.15) is 11.0 Å². The third kappa shape index (κ3) is 2.85. The van der Waals surface area contributed by atoms with Gasteiger partial charge in [-0.05, 0) is 37.0 Å². The standard InChI is InChI=1S/C16H15ClN4O2S/c1-24(22,23)12-4-2-3-11(7-12)19-15-8-14(17)20-16-13(10-5-6-10)9-18-21(15)16/h2-4,7-10,19H,5-6H2,1H3. The fourth-order valence-electron chi connectivity index (χ4n) is 2.67. The lowest BCUT2D eigenvalue weighted by Crippen LogP contribution is -2.03. The van der Waals surface area contributed by atoms with Gasteiger partial charge in [0.2, 0.25) is 0 Å². The summed E-state index contributed by atoms with van der Waals surface area (Å²) in [6.07, 6.45) is 5.31. The van der Waals surface area contributed by atoms with Crippen LogP contribution in [-0.2, 0) is 9.84 Å². The quantitative estimate of drug-likeness (QED) is 0.720. The Balaban J connectivity index is 1.77. The van der Waals surface area contributed by atoms with Gasteiger partial charge in [-0.1, -0.05) is 17.7 Å². The number of nitrogens with zero attached hydrogens (tertiary/aromatic N) is 3. The first-order chi connectivity index (χ1) is 11.4. The summed E-state index contributed by atoms with van der Waals surface area (Å²) in [6, 6.07) is 8.30. The van der Waals surface area contributed by atoms with Crippen LogP contribution in [0.2, 0.25) is 5.15 Å². The maximum Gasteiger partial charge on any atom is 0.175 e. The fraction of sp³-hybridized carbons (Fsp3) is 0.250. The third-order valence-electron chi connectivity index (χ3n) is 4.02. The summed E-state index contributed by atoms with van der Waals surface area (Å²) in [5.74, 6) is 1.15. The lowest BCUT2D eigenvalue weighted by molar-refractivity contribution is 0.602. The highest BCUT2D eigenvalue weighted by Crippen LogP contribution is 2.42. The van der Waals surface area contributed by atoms with Crippen LogP contribution in [-0.4, -0.2) is 29.3 Å². The molecule has 0 aliphatic heterocycles. The van der Waals surface area contributed by atoms with Gasteiger partial charge in [-0.2, -0.15) is 9.61 Å². The van der Waals surface area contributed by atoms with Gasteiger partial charge in [0, 0.05) is 23.6 Å². The number of benzene rings is 1. The molecule has 0 spiro atoms. The van der Waals surface area contributed by atoms with Crippen molar-refractivity contribution in [3.05, 3.63) is 47.2 Å². The topological polar surface area (TPSA) is 76.4 Å². The zero-order valence-electron chi connectivity index (χ0n) is 12.9. The van der Waals surface area contributed by atoms with E-state index in [1.165, 1.54) is 6.26 Å². The van der Waals surface area contributed by atoms with Gasteiger partial charge in [0.15, 0.2) is 15.5 Å². The van der Waals surface area contributed by atoms with E-state index in [0.717, 1.165) is 24.1 Å². The number of rotatable bonds is 4. The van der Waals surface area contributed by atoms with Crippen LogP contribution in [0.5, 0.6) is 0 Å². The van der Waals surface area contributed by atoms with Gasteiger partial charge in [-0.25, -0.2) is 13.4 Å². The van der Waals surface area contributed by atoms with E-state index in [0.29, 0.717) is 22.6 Å². The molecule has 124 valence electrons. The summed E-state index contributed by atoms with van der Waals surface area (Å²) >= 11 is 6.16. The average molecular weight is 363 g/mol. The second kappa shape index (κ2) is 5.46. The summed E-state index contributed by atoms with van der Waals surface area (Å²) in [5, 5.41) is 7.95. The average Bonchev–Trinajstić information content (AvgIpc) is 3.27. The van der Waals surface area contributed by atoms with Crippen LogP contribution < -0.4 is 5.32 Å². The molecule has 0 amide bonds. The van der Waals surface area contributed by atoms with Crippen molar-refractivity contribution in [3.63, 3.8) is 0 Å². The molecule has 2 heterocycles. The Bertz CT molecular complexity index is 1040. The molecule has 1 aliphatic carbocycles. The van der Waals surface area contributed by atoms with E-state index in [1.807, 2.05) is 6.20 Å². The molecule has 1 saturated carbocycles. The van der Waals surface area contributed by atoms with Crippen LogP contribution in [0.25, 0.3) is 5.65 Å². The van der Waals surface area contributed by atoms with Crippen molar-refractivity contribution in [2.24, 2.45) is 0 Å². The van der Waals surface area contributed by atoms with Gasteiger partial charge in [-0.3, -0.25) is 0 Å². The van der Waals surface area contributed by atoms with E-state index in [1.54, 1.807) is 34.8 Å². The Morgan fingerprint density at radius 3 is 2.79 bits per heavy atom. The predicted octanol–water partition coefficient (Wildman–Crippen LogP) is 3.41. The first-order valence-electron chi connectivity index (χ1n) is 7.53. The van der Waals surface area contributed by atoms with Crippen molar-refractivity contribution in [2.75, 3.05) is 11.6 Å². The third-order valence-corrected chi connectivity index (χ3v) is 5.32. The van der Waals surface area contributed by atoms with E-state index in [2.05, 4.69) is 15.4 Å². The molecule has 0 unspecified atom stereocenters. The summed E-state index contributed by atoms with van der Waals surface area (Å²) < 4.78 is 25.1. The van der Waals surface area contributed by atoms with Crippen LogP contribution in [0.4, 0.5) is 11.5 Å². The number of nitrogens with one attached hydrogen (secondary N) is 1. The van der Waals surface area contributed by atoms with E-state index in [-0.39, 0.29) is 4.90 Å². The van der Waals surface area contributed by atoms with Gasteiger partial charge in [0.05, 0.1) is 11.1 Å². The second-order valence-electron chi connectivity index (χ2n) is 6.00. The van der Waals surface area contributed by atoms with Crippen LogP contribution in [0.1, 0.15) is 24.3 Å². The minimum absolute atomic E-state index is 0.253. The Labute approximate surface area is 144 Å². The molecule has 6 nitrogen and oxygen atoms in total. The fourth-order valence-corrected chi connectivity index (χ4v) is 3.52. The van der Waals surface area contributed by atoms with Crippen LogP contribution in [0.15, 0.2) is 41.4 Å². The number of fused-ring (bicyclic) bond motifs is 1. The summed E-state index contributed by atoms with van der Waals surface area (Å²) in [5.41, 5.74) is 2.49. The van der Waals surface area contributed by atoms with E-state index in [4.69, 9.17) is 11.6 Å². The van der Waals surface area contributed by atoms with E-state index < -0.39 is 9.84 Å². The molecule has 1 aliphatic rings. The molecule has 2 aromatic heterocycles. The molecule has 4 rings (SSSR count). The van der Waals surface area contributed by atoms with E-state index >= 15 is 0 Å². The molecular formula is C16H15ClN4O2S. The van der Waals surface area contributed by atoms with Crippen molar-refractivity contribution < 1.29 is 8.42 Å². The maximum atomic E-state index is 11.7. The summed E-state index contributed by atoms with van der Waals surface area (Å²) in [4.78, 5) is 4.64. The Kier molecular flexibility index (Phi) is 3.51. The highest BCUT2D eigenvalue weighted by molar-refractivity contribution is 7.90. The molecule has 1 N–H and O–H groups in total. The molecule has 1 fully saturated rings. The van der Waals surface area contributed by atoms with Crippen LogP contribution in [0.3, 0.4) is 0 Å². The lowest BCUT2D eigenvalue weighted by atomic mass is 10.2. The van der Waals surface area contributed by atoms with Crippen molar-refractivity contribution in [2.45, 2.75) is 23.7 Å². The van der Waals surface area contributed by atoms with Gasteiger partial charge in [-0.15, -0.1) is 0 Å². The SMILES string of the molecule is CS(=O)(=O)c1cccc(Nc2cc(Cl)nc3c(C4CC4)cnn23)c1. The Hall–Kier alpha value is -2.12. The molecule has 0 radical (unpaired) electrons. The number of sulfone groups is 1. The number of hydrogen-bond acceptors (Lipinski definition) is 5. The molecule has 1 aromatic carbocycles. The van der Waals surface area contributed by atoms with Crippen LogP contribution in [0, 0.1) is 0 Å². The van der Waals surface area contributed by atoms with Gasteiger partial charge in [0.25, 0.3) is 0 Å². The zero-order chi connectivity index (χ0) is 16.9. The second-order valence-corrected chi connectivity index (χ2v) is 8.40. The van der Waals surface area contributed by atoms with Gasteiger partial charge < -0.3 is 5.32 Å². The molecule has 0 bridgehead atoms. The first-order valence-corrected chi connectivity index (χ1v) is 9.80. The number of hydrogen-bond donors (Lipinski definition) is 1. The smallest absolute Gasteiger partial charge is 0.175 e. The summed E-state index contributed by atoms with van der Waals surface area (Å²) in [7, 11) is -3.27. The van der Waals surface area contributed by atoms with E-state index in [9.17, 15) is 8.42 Å². The lowest BCUT2D eigenvalue weighted by Gasteiger charge is -2.10. The number of aromatic nitrogens is 3. The maximum absolute atomic E-state index is 11.7. The largest absolute Gasteiger partial charge is 0.340 e. The van der Waals surface area contributed by atoms with Crippen molar-refractivity contribution >= 4 is 38.6 Å². The Morgan fingerprint density at radius 2 is 2.08 bits per heavy atom. The number of halogens is 1. The molecular weight excluding hydrogens is 348 g/mol. The van der Waals surface area contributed by atoms with Crippen molar-refractivity contribution in [1.29, 1.82) is 0 Å². The van der Waals surface area contributed by atoms with Crippen LogP contribution >= 0.6 is 11.6 Å².